The molecule has 6 nitrogen and oxygen atoms in total. The molecule has 0 aliphatic carbocycles. The summed E-state index contributed by atoms with van der Waals surface area (Å²) in [6.45, 7) is 2.20. The Morgan fingerprint density at radius 2 is 2.04 bits per heavy atom. The standard InChI is InChI=1S/C19H28N2O4/c1-2-3-4-5-6-7-8-15-11-14-12-21(19(23)20-18(14)25-15)17-10-9-16(13-22)24-17/h11-12,16-17,22H,2-10,13H2,1H3/t16-,17+/m1/s1. The average molecular weight is 348 g/mol. The molecule has 0 saturated carbocycles. The second-order valence-electron chi connectivity index (χ2n) is 6.89. The molecule has 2 aromatic heterocycles. The number of unbranched alkanes of at least 4 members (excludes halogenated alkanes) is 5. The number of furan rings is 1. The Balaban J connectivity index is 1.64. The van der Waals surface area contributed by atoms with Crippen LogP contribution in [0.3, 0.4) is 0 Å². The molecule has 6 heteroatoms. The van der Waals surface area contributed by atoms with E-state index in [0.29, 0.717) is 12.1 Å². The Kier molecular flexibility index (Phi) is 6.26. The molecular formula is C19H28N2O4. The van der Waals surface area contributed by atoms with Crippen molar-refractivity contribution in [2.24, 2.45) is 0 Å². The highest BCUT2D eigenvalue weighted by Crippen LogP contribution is 2.28. The van der Waals surface area contributed by atoms with Gasteiger partial charge in [-0.25, -0.2) is 4.79 Å². The van der Waals surface area contributed by atoms with Gasteiger partial charge < -0.3 is 14.3 Å². The minimum absolute atomic E-state index is 0.0188. The molecule has 1 saturated heterocycles. The summed E-state index contributed by atoms with van der Waals surface area (Å²) >= 11 is 0. The summed E-state index contributed by atoms with van der Waals surface area (Å²) in [7, 11) is 0. The third-order valence-electron chi connectivity index (χ3n) is 4.86. The summed E-state index contributed by atoms with van der Waals surface area (Å²) in [6.07, 6.45) is 11.0. The van der Waals surface area contributed by atoms with E-state index in [4.69, 9.17) is 9.15 Å². The van der Waals surface area contributed by atoms with E-state index < -0.39 is 0 Å². The Hall–Kier alpha value is -1.66. The minimum Gasteiger partial charge on any atom is -0.443 e. The fraction of sp³-hybridized carbons (Fsp3) is 0.684. The molecule has 138 valence electrons. The number of hydrogen-bond acceptors (Lipinski definition) is 5. The Morgan fingerprint density at radius 1 is 1.24 bits per heavy atom. The topological polar surface area (TPSA) is 77.5 Å². The van der Waals surface area contributed by atoms with E-state index in [1.807, 2.05) is 6.07 Å². The van der Waals surface area contributed by atoms with Crippen LogP contribution in [0.2, 0.25) is 0 Å². The second-order valence-corrected chi connectivity index (χ2v) is 6.89. The molecule has 2 aromatic rings. The van der Waals surface area contributed by atoms with Crippen molar-refractivity contribution in [3.8, 4) is 0 Å². The van der Waals surface area contributed by atoms with E-state index in [1.165, 1.54) is 36.7 Å². The van der Waals surface area contributed by atoms with E-state index in [-0.39, 0.29) is 24.6 Å². The number of aliphatic hydroxyl groups is 1. The van der Waals surface area contributed by atoms with Crippen LogP contribution in [0.1, 0.15) is 70.3 Å². The number of nitrogens with zero attached hydrogens (tertiary/aromatic N) is 2. The highest BCUT2D eigenvalue weighted by Gasteiger charge is 2.27. The first-order valence-corrected chi connectivity index (χ1v) is 9.49. The van der Waals surface area contributed by atoms with Gasteiger partial charge in [0.2, 0.25) is 5.71 Å². The molecular weight excluding hydrogens is 320 g/mol. The quantitative estimate of drug-likeness (QED) is 0.701. The predicted molar refractivity (Wildman–Crippen MR) is 95.6 cm³/mol. The van der Waals surface area contributed by atoms with Gasteiger partial charge in [0, 0.05) is 12.6 Å². The van der Waals surface area contributed by atoms with Crippen LogP contribution in [0.5, 0.6) is 0 Å². The molecule has 0 amide bonds. The Labute approximate surface area is 147 Å². The molecule has 1 aliphatic heterocycles. The van der Waals surface area contributed by atoms with Gasteiger partial charge in [0.05, 0.1) is 18.1 Å². The van der Waals surface area contributed by atoms with Crippen LogP contribution >= 0.6 is 0 Å². The first kappa shape index (κ1) is 18.1. The lowest BCUT2D eigenvalue weighted by molar-refractivity contribution is -0.0243. The van der Waals surface area contributed by atoms with Crippen LogP contribution in [0.25, 0.3) is 11.1 Å². The number of aromatic nitrogens is 2. The van der Waals surface area contributed by atoms with Crippen molar-refractivity contribution in [2.45, 2.75) is 77.0 Å². The number of aryl methyl sites for hydroxylation is 1. The van der Waals surface area contributed by atoms with Crippen molar-refractivity contribution in [3.63, 3.8) is 0 Å². The van der Waals surface area contributed by atoms with Crippen molar-refractivity contribution in [1.29, 1.82) is 0 Å². The molecule has 0 spiro atoms. The number of rotatable bonds is 9. The molecule has 1 N–H and O–H groups in total. The SMILES string of the molecule is CCCCCCCCc1cc2cn([C@@H]3CC[C@H](CO)O3)c(=O)nc2o1. The molecule has 0 bridgehead atoms. The number of ether oxygens (including phenoxy) is 1. The van der Waals surface area contributed by atoms with Gasteiger partial charge in [0.15, 0.2) is 0 Å². The van der Waals surface area contributed by atoms with E-state index >= 15 is 0 Å². The van der Waals surface area contributed by atoms with Crippen molar-refractivity contribution in [3.05, 3.63) is 28.5 Å². The van der Waals surface area contributed by atoms with E-state index in [9.17, 15) is 9.90 Å². The van der Waals surface area contributed by atoms with E-state index in [2.05, 4.69) is 11.9 Å². The normalized spacial score (nSPS) is 20.6. The van der Waals surface area contributed by atoms with Crippen LogP contribution in [0.4, 0.5) is 0 Å². The molecule has 2 atom stereocenters. The predicted octanol–water partition coefficient (Wildman–Crippen LogP) is 3.56. The maximum atomic E-state index is 12.2. The zero-order chi connectivity index (χ0) is 17.6. The summed E-state index contributed by atoms with van der Waals surface area (Å²) in [5.41, 5.74) is 0.0375. The van der Waals surface area contributed by atoms with Crippen LogP contribution in [0, 0.1) is 0 Å². The zero-order valence-electron chi connectivity index (χ0n) is 14.9. The molecule has 25 heavy (non-hydrogen) atoms. The van der Waals surface area contributed by atoms with Gasteiger partial charge >= 0.3 is 5.69 Å². The summed E-state index contributed by atoms with van der Waals surface area (Å²) in [5.74, 6) is 0.885. The fourth-order valence-corrected chi connectivity index (χ4v) is 3.41. The Bertz CT molecular complexity index is 737. The van der Waals surface area contributed by atoms with Gasteiger partial charge in [-0.3, -0.25) is 4.57 Å². The molecule has 3 rings (SSSR count). The highest BCUT2D eigenvalue weighted by molar-refractivity contribution is 5.72. The number of hydrogen-bond donors (Lipinski definition) is 1. The summed E-state index contributed by atoms with van der Waals surface area (Å²) in [6, 6.07) is 1.97. The van der Waals surface area contributed by atoms with E-state index in [1.54, 1.807) is 6.20 Å². The van der Waals surface area contributed by atoms with Crippen LogP contribution < -0.4 is 5.69 Å². The maximum Gasteiger partial charge on any atom is 0.353 e. The first-order chi connectivity index (χ1) is 12.2. The maximum absolute atomic E-state index is 12.2. The fourth-order valence-electron chi connectivity index (χ4n) is 3.41. The van der Waals surface area contributed by atoms with Gasteiger partial charge in [-0.05, 0) is 25.3 Å². The highest BCUT2D eigenvalue weighted by atomic mass is 16.5. The summed E-state index contributed by atoms with van der Waals surface area (Å²) in [4.78, 5) is 16.3. The lowest BCUT2D eigenvalue weighted by Crippen LogP contribution is -2.27. The molecule has 0 aromatic carbocycles. The van der Waals surface area contributed by atoms with Gasteiger partial charge in [0.25, 0.3) is 0 Å². The molecule has 1 fully saturated rings. The number of fused-ring (bicyclic) bond motifs is 1. The number of aliphatic hydroxyl groups excluding tert-OH is 1. The molecule has 3 heterocycles. The van der Waals surface area contributed by atoms with Gasteiger partial charge in [-0.2, -0.15) is 4.98 Å². The monoisotopic (exact) mass is 348 g/mol. The largest absolute Gasteiger partial charge is 0.443 e. The third kappa shape index (κ3) is 4.50. The summed E-state index contributed by atoms with van der Waals surface area (Å²) in [5, 5.41) is 10.0. The van der Waals surface area contributed by atoms with Crippen LogP contribution in [0.15, 0.2) is 21.5 Å². The van der Waals surface area contributed by atoms with Crippen LogP contribution in [-0.4, -0.2) is 27.4 Å². The Morgan fingerprint density at radius 3 is 2.80 bits per heavy atom. The van der Waals surface area contributed by atoms with Crippen molar-refractivity contribution in [2.75, 3.05) is 6.61 Å². The third-order valence-corrected chi connectivity index (χ3v) is 4.86. The lowest BCUT2D eigenvalue weighted by Gasteiger charge is -2.14. The first-order valence-electron chi connectivity index (χ1n) is 9.49. The van der Waals surface area contributed by atoms with Gasteiger partial charge in [0.1, 0.15) is 12.0 Å². The smallest absolute Gasteiger partial charge is 0.353 e. The zero-order valence-corrected chi connectivity index (χ0v) is 14.9. The van der Waals surface area contributed by atoms with Gasteiger partial charge in [-0.15, -0.1) is 0 Å². The molecule has 1 aliphatic rings. The summed E-state index contributed by atoms with van der Waals surface area (Å²) < 4.78 is 12.9. The minimum atomic E-state index is -0.364. The second kappa shape index (κ2) is 8.63. The van der Waals surface area contributed by atoms with Crippen LogP contribution in [-0.2, 0) is 11.2 Å². The molecule has 0 unspecified atom stereocenters. The molecule has 0 radical (unpaired) electrons. The van der Waals surface area contributed by atoms with Gasteiger partial charge in [-0.1, -0.05) is 39.0 Å². The van der Waals surface area contributed by atoms with Crippen molar-refractivity contribution >= 4 is 11.1 Å². The van der Waals surface area contributed by atoms with E-state index in [0.717, 1.165) is 30.4 Å². The average Bonchev–Trinajstić information content (AvgIpc) is 3.23. The lowest BCUT2D eigenvalue weighted by atomic mass is 10.1. The van der Waals surface area contributed by atoms with Crippen molar-refractivity contribution in [1.82, 2.24) is 9.55 Å². The van der Waals surface area contributed by atoms with Crippen molar-refractivity contribution < 1.29 is 14.3 Å².